The second-order valence-corrected chi connectivity index (χ2v) is 7.32. The zero-order valence-electron chi connectivity index (χ0n) is 17.3. The summed E-state index contributed by atoms with van der Waals surface area (Å²) >= 11 is 0. The summed E-state index contributed by atoms with van der Waals surface area (Å²) < 4.78 is 12.9. The number of hydrogen-bond donors (Lipinski definition) is 3. The molecule has 0 heterocycles. The Kier molecular flexibility index (Phi) is 7.76. The molecule has 0 aliphatic heterocycles. The Morgan fingerprint density at radius 1 is 0.806 bits per heavy atom. The highest BCUT2D eigenvalue weighted by Gasteiger charge is 2.22. The minimum atomic E-state index is -0.463. The largest absolute Gasteiger partial charge is 0.351 e. The zero-order valence-corrected chi connectivity index (χ0v) is 17.3. The first kappa shape index (κ1) is 22.0. The van der Waals surface area contributed by atoms with E-state index in [0.717, 1.165) is 16.7 Å². The van der Waals surface area contributed by atoms with Crippen LogP contribution < -0.4 is 16.0 Å². The number of carbonyl (C=O) groups is 2. The normalized spacial score (nSPS) is 11.6. The van der Waals surface area contributed by atoms with Crippen molar-refractivity contribution in [3.05, 3.63) is 107 Å². The second-order valence-electron chi connectivity index (χ2n) is 7.32. The Bertz CT molecular complexity index is 939. The third kappa shape index (κ3) is 6.67. The van der Waals surface area contributed by atoms with Crippen LogP contribution in [0.5, 0.6) is 0 Å². The molecule has 0 saturated heterocycles. The van der Waals surface area contributed by atoms with Crippen molar-refractivity contribution in [3.8, 4) is 0 Å². The van der Waals surface area contributed by atoms with E-state index >= 15 is 0 Å². The standard InChI is InChI=1S/C25H26FN3O2/c1-18(24(20-8-4-2-5-9-20)21-10-6-3-7-11-21)29-23(30)17-28-25(31)27-16-19-12-14-22(26)15-13-19/h2-15,18,24H,16-17H2,1H3,(H,29,30)(H2,27,28,31)/t18-/m0/s1. The van der Waals surface area contributed by atoms with Gasteiger partial charge in [-0.25, -0.2) is 9.18 Å². The van der Waals surface area contributed by atoms with E-state index in [9.17, 15) is 14.0 Å². The number of carbonyl (C=O) groups excluding carboxylic acids is 2. The molecular formula is C25H26FN3O2. The summed E-state index contributed by atoms with van der Waals surface area (Å²) in [6.07, 6.45) is 0. The van der Waals surface area contributed by atoms with Crippen LogP contribution in [0.1, 0.15) is 29.5 Å². The summed E-state index contributed by atoms with van der Waals surface area (Å²) in [4.78, 5) is 24.4. The first-order valence-electron chi connectivity index (χ1n) is 10.2. The predicted octanol–water partition coefficient (Wildman–Crippen LogP) is 3.96. The fourth-order valence-electron chi connectivity index (χ4n) is 3.49. The van der Waals surface area contributed by atoms with Crippen molar-refractivity contribution in [3.63, 3.8) is 0 Å². The number of hydrogen-bond acceptors (Lipinski definition) is 2. The number of halogens is 1. The number of benzene rings is 3. The summed E-state index contributed by atoms with van der Waals surface area (Å²) in [5, 5.41) is 8.19. The van der Waals surface area contributed by atoms with Crippen LogP contribution in [-0.2, 0) is 11.3 Å². The molecule has 3 amide bonds. The summed E-state index contributed by atoms with van der Waals surface area (Å²) in [5.74, 6) is -0.622. The van der Waals surface area contributed by atoms with E-state index in [-0.39, 0.29) is 36.8 Å². The fourth-order valence-corrected chi connectivity index (χ4v) is 3.49. The lowest BCUT2D eigenvalue weighted by Crippen LogP contribution is -2.45. The number of rotatable bonds is 8. The van der Waals surface area contributed by atoms with E-state index in [4.69, 9.17) is 0 Å². The Balaban J connectivity index is 1.53. The van der Waals surface area contributed by atoms with E-state index < -0.39 is 6.03 Å². The minimum Gasteiger partial charge on any atom is -0.351 e. The van der Waals surface area contributed by atoms with Gasteiger partial charge in [-0.05, 0) is 35.7 Å². The molecule has 6 heteroatoms. The van der Waals surface area contributed by atoms with E-state index in [1.165, 1.54) is 12.1 Å². The predicted molar refractivity (Wildman–Crippen MR) is 119 cm³/mol. The smallest absolute Gasteiger partial charge is 0.315 e. The molecule has 0 aromatic heterocycles. The Hall–Kier alpha value is -3.67. The maximum absolute atomic E-state index is 12.9. The Morgan fingerprint density at radius 2 is 1.35 bits per heavy atom. The van der Waals surface area contributed by atoms with E-state index in [1.807, 2.05) is 67.6 Å². The van der Waals surface area contributed by atoms with Gasteiger partial charge in [0.2, 0.25) is 5.91 Å². The van der Waals surface area contributed by atoms with Crippen molar-refractivity contribution >= 4 is 11.9 Å². The molecule has 0 aliphatic rings. The van der Waals surface area contributed by atoms with Crippen LogP contribution >= 0.6 is 0 Å². The first-order valence-corrected chi connectivity index (χ1v) is 10.2. The molecular weight excluding hydrogens is 393 g/mol. The van der Waals surface area contributed by atoms with Gasteiger partial charge in [0, 0.05) is 18.5 Å². The Morgan fingerprint density at radius 3 is 1.90 bits per heavy atom. The summed E-state index contributed by atoms with van der Waals surface area (Å²) in [7, 11) is 0. The van der Waals surface area contributed by atoms with Gasteiger partial charge in [0.25, 0.3) is 0 Å². The maximum atomic E-state index is 12.9. The number of amides is 3. The van der Waals surface area contributed by atoms with Gasteiger partial charge in [0.05, 0.1) is 6.54 Å². The third-order valence-corrected chi connectivity index (χ3v) is 4.98. The molecule has 0 spiro atoms. The van der Waals surface area contributed by atoms with Gasteiger partial charge < -0.3 is 16.0 Å². The highest BCUT2D eigenvalue weighted by atomic mass is 19.1. The van der Waals surface area contributed by atoms with Crippen LogP contribution in [0.4, 0.5) is 9.18 Å². The lowest BCUT2D eigenvalue weighted by molar-refractivity contribution is -0.120. The maximum Gasteiger partial charge on any atom is 0.315 e. The summed E-state index contributed by atoms with van der Waals surface area (Å²) in [5.41, 5.74) is 2.97. The highest BCUT2D eigenvalue weighted by molar-refractivity contribution is 5.84. The van der Waals surface area contributed by atoms with E-state index in [2.05, 4.69) is 16.0 Å². The molecule has 3 aromatic rings. The molecule has 0 saturated carbocycles. The molecule has 31 heavy (non-hydrogen) atoms. The average Bonchev–Trinajstić information content (AvgIpc) is 2.79. The van der Waals surface area contributed by atoms with Gasteiger partial charge in [-0.2, -0.15) is 0 Å². The minimum absolute atomic E-state index is 0.0151. The van der Waals surface area contributed by atoms with Gasteiger partial charge in [-0.3, -0.25) is 4.79 Å². The van der Waals surface area contributed by atoms with Crippen molar-refractivity contribution in [2.75, 3.05) is 6.54 Å². The topological polar surface area (TPSA) is 70.2 Å². The molecule has 3 rings (SSSR count). The van der Waals surface area contributed by atoms with Gasteiger partial charge in [-0.1, -0.05) is 72.8 Å². The Labute approximate surface area is 181 Å². The number of nitrogens with one attached hydrogen (secondary N) is 3. The van der Waals surface area contributed by atoms with Crippen LogP contribution in [0.3, 0.4) is 0 Å². The van der Waals surface area contributed by atoms with Crippen LogP contribution in [0.25, 0.3) is 0 Å². The second kappa shape index (κ2) is 10.9. The van der Waals surface area contributed by atoms with Gasteiger partial charge in [0.15, 0.2) is 0 Å². The van der Waals surface area contributed by atoms with Crippen LogP contribution in [0.15, 0.2) is 84.9 Å². The SMILES string of the molecule is C[C@H](NC(=O)CNC(=O)NCc1ccc(F)cc1)C(c1ccccc1)c1ccccc1. The molecule has 5 nitrogen and oxygen atoms in total. The molecule has 0 bridgehead atoms. The fraction of sp³-hybridized carbons (Fsp3) is 0.200. The molecule has 0 aliphatic carbocycles. The summed E-state index contributed by atoms with van der Waals surface area (Å²) in [6.45, 7) is 2.06. The van der Waals surface area contributed by atoms with Crippen molar-refractivity contribution in [1.82, 2.24) is 16.0 Å². The highest BCUT2D eigenvalue weighted by Crippen LogP contribution is 2.27. The van der Waals surface area contributed by atoms with Crippen LogP contribution in [-0.4, -0.2) is 24.5 Å². The molecule has 3 N–H and O–H groups in total. The molecule has 160 valence electrons. The molecule has 0 fully saturated rings. The lowest BCUT2D eigenvalue weighted by atomic mass is 9.86. The van der Waals surface area contributed by atoms with E-state index in [1.54, 1.807) is 12.1 Å². The number of urea groups is 1. The molecule has 3 aromatic carbocycles. The third-order valence-electron chi connectivity index (χ3n) is 4.98. The zero-order chi connectivity index (χ0) is 22.1. The molecule has 0 radical (unpaired) electrons. The lowest BCUT2D eigenvalue weighted by Gasteiger charge is -2.26. The van der Waals surface area contributed by atoms with E-state index in [0.29, 0.717) is 0 Å². The molecule has 1 atom stereocenters. The van der Waals surface area contributed by atoms with Gasteiger partial charge in [-0.15, -0.1) is 0 Å². The van der Waals surface area contributed by atoms with Crippen molar-refractivity contribution < 1.29 is 14.0 Å². The van der Waals surface area contributed by atoms with Gasteiger partial charge >= 0.3 is 6.03 Å². The monoisotopic (exact) mass is 419 g/mol. The van der Waals surface area contributed by atoms with Crippen molar-refractivity contribution in [2.24, 2.45) is 0 Å². The quantitative estimate of drug-likeness (QED) is 0.517. The van der Waals surface area contributed by atoms with Crippen LogP contribution in [0, 0.1) is 5.82 Å². The first-order chi connectivity index (χ1) is 15.0. The van der Waals surface area contributed by atoms with Crippen molar-refractivity contribution in [2.45, 2.75) is 25.4 Å². The average molecular weight is 420 g/mol. The van der Waals surface area contributed by atoms with Gasteiger partial charge in [0.1, 0.15) is 5.82 Å². The summed E-state index contributed by atoms with van der Waals surface area (Å²) in [6, 6.07) is 25.2. The molecule has 0 unspecified atom stereocenters. The van der Waals surface area contributed by atoms with Crippen molar-refractivity contribution in [1.29, 1.82) is 0 Å². The van der Waals surface area contributed by atoms with Crippen LogP contribution in [0.2, 0.25) is 0 Å².